The van der Waals surface area contributed by atoms with Crippen molar-refractivity contribution in [2.75, 3.05) is 32.8 Å². The lowest BCUT2D eigenvalue weighted by atomic mass is 10.2. The summed E-state index contributed by atoms with van der Waals surface area (Å²) in [6, 6.07) is 17.4. The first-order valence-corrected chi connectivity index (χ1v) is 12.2. The molecule has 1 saturated heterocycles. The van der Waals surface area contributed by atoms with Gasteiger partial charge < -0.3 is 9.15 Å². The predicted octanol–water partition coefficient (Wildman–Crippen LogP) is 4.07. The number of hydrogen-bond donors (Lipinski definition) is 0. The average Bonchev–Trinajstić information content (AvgIpc) is 3.35. The van der Waals surface area contributed by atoms with E-state index in [9.17, 15) is 4.79 Å². The minimum Gasteiger partial charge on any atom is -0.444 e. The number of rotatable bonds is 8. The molecular formula is C25H26N4O3S. The fourth-order valence-electron chi connectivity index (χ4n) is 3.96. The normalized spacial score (nSPS) is 14.7. The third kappa shape index (κ3) is 5.19. The molecule has 170 valence electrons. The van der Waals surface area contributed by atoms with Gasteiger partial charge in [-0.25, -0.2) is 9.97 Å². The number of oxazole rings is 1. The summed E-state index contributed by atoms with van der Waals surface area (Å²) in [5.74, 6) is 1.17. The summed E-state index contributed by atoms with van der Waals surface area (Å²) in [4.78, 5) is 25.1. The van der Waals surface area contributed by atoms with Crippen LogP contribution in [0.5, 0.6) is 0 Å². The van der Waals surface area contributed by atoms with Crippen molar-refractivity contribution in [2.45, 2.75) is 23.9 Å². The number of nitrogens with zero attached hydrogens (tertiary/aromatic N) is 4. The lowest BCUT2D eigenvalue weighted by molar-refractivity contribution is 0.0368. The van der Waals surface area contributed by atoms with Crippen LogP contribution in [0.15, 0.2) is 75.2 Å². The van der Waals surface area contributed by atoms with E-state index >= 15 is 0 Å². The number of ether oxygens (including phenoxy) is 1. The highest BCUT2D eigenvalue weighted by Gasteiger charge is 2.15. The van der Waals surface area contributed by atoms with Crippen molar-refractivity contribution in [2.24, 2.45) is 0 Å². The minimum atomic E-state index is 0.00945. The van der Waals surface area contributed by atoms with Gasteiger partial charge in [-0.1, -0.05) is 42.1 Å². The standard InChI is InChI=1S/C25H26N4O3S/c30-24-21-9-4-5-10-22(21)27-25(29(24)12-6-11-28-13-15-31-16-14-28)33-18-20-17-32-23(26-20)19-7-2-1-3-8-19/h1-5,7-10,17H,6,11-16,18H2. The van der Waals surface area contributed by atoms with Gasteiger partial charge in [0.15, 0.2) is 5.16 Å². The van der Waals surface area contributed by atoms with Gasteiger partial charge in [0, 0.05) is 37.5 Å². The number of hydrogen-bond acceptors (Lipinski definition) is 7. The molecule has 0 unspecified atom stereocenters. The van der Waals surface area contributed by atoms with E-state index in [2.05, 4.69) is 9.88 Å². The van der Waals surface area contributed by atoms with Crippen molar-refractivity contribution in [3.05, 3.63) is 76.9 Å². The van der Waals surface area contributed by atoms with Gasteiger partial charge >= 0.3 is 0 Å². The lowest BCUT2D eigenvalue weighted by Crippen LogP contribution is -2.37. The number of para-hydroxylation sites is 1. The van der Waals surface area contributed by atoms with Crippen molar-refractivity contribution in [1.82, 2.24) is 19.4 Å². The SMILES string of the molecule is O=c1c2ccccc2nc(SCc2coc(-c3ccccc3)n2)n1CCCN1CCOCC1. The number of aromatic nitrogens is 3. The van der Waals surface area contributed by atoms with Crippen LogP contribution in [0.4, 0.5) is 0 Å². The molecule has 0 N–H and O–H groups in total. The second-order valence-corrected chi connectivity index (χ2v) is 8.92. The fourth-order valence-corrected chi connectivity index (χ4v) is 4.86. The van der Waals surface area contributed by atoms with Crippen LogP contribution in [0.3, 0.4) is 0 Å². The molecule has 1 fully saturated rings. The zero-order chi connectivity index (χ0) is 22.5. The quantitative estimate of drug-likeness (QED) is 0.289. The number of thioether (sulfide) groups is 1. The van der Waals surface area contributed by atoms with Crippen molar-refractivity contribution in [3.63, 3.8) is 0 Å². The van der Waals surface area contributed by atoms with E-state index in [1.54, 1.807) is 6.26 Å². The van der Waals surface area contributed by atoms with Crippen molar-refractivity contribution in [3.8, 4) is 11.5 Å². The molecule has 8 heteroatoms. The van der Waals surface area contributed by atoms with Crippen LogP contribution in [0, 0.1) is 0 Å². The van der Waals surface area contributed by atoms with Gasteiger partial charge in [0.05, 0.1) is 29.8 Å². The lowest BCUT2D eigenvalue weighted by Gasteiger charge is -2.26. The summed E-state index contributed by atoms with van der Waals surface area (Å²) in [6.07, 6.45) is 2.56. The molecule has 0 atom stereocenters. The van der Waals surface area contributed by atoms with Crippen molar-refractivity contribution >= 4 is 22.7 Å². The Bertz CT molecular complexity index is 1270. The predicted molar refractivity (Wildman–Crippen MR) is 129 cm³/mol. The maximum atomic E-state index is 13.3. The highest BCUT2D eigenvalue weighted by atomic mass is 32.2. The maximum Gasteiger partial charge on any atom is 0.262 e. The van der Waals surface area contributed by atoms with Crippen LogP contribution in [-0.2, 0) is 17.0 Å². The van der Waals surface area contributed by atoms with Crippen molar-refractivity contribution in [1.29, 1.82) is 0 Å². The molecule has 33 heavy (non-hydrogen) atoms. The summed E-state index contributed by atoms with van der Waals surface area (Å²) in [5.41, 5.74) is 2.49. The number of fused-ring (bicyclic) bond motifs is 1. The third-order valence-corrected chi connectivity index (χ3v) is 6.72. The Morgan fingerprint density at radius 1 is 0.939 bits per heavy atom. The van der Waals surface area contributed by atoms with E-state index in [0.29, 0.717) is 28.7 Å². The van der Waals surface area contributed by atoms with Gasteiger partial charge in [-0.3, -0.25) is 14.3 Å². The summed E-state index contributed by atoms with van der Waals surface area (Å²) in [6.45, 7) is 5.02. The first-order valence-electron chi connectivity index (χ1n) is 11.2. The van der Waals surface area contributed by atoms with Gasteiger partial charge in [-0.2, -0.15) is 0 Å². The van der Waals surface area contributed by atoms with Crippen LogP contribution in [0.1, 0.15) is 12.1 Å². The fraction of sp³-hybridized carbons (Fsp3) is 0.320. The average molecular weight is 463 g/mol. The van der Waals surface area contributed by atoms with E-state index in [-0.39, 0.29) is 5.56 Å². The van der Waals surface area contributed by atoms with Crippen LogP contribution >= 0.6 is 11.8 Å². The molecule has 1 aliphatic rings. The zero-order valence-electron chi connectivity index (χ0n) is 18.4. The molecule has 7 nitrogen and oxygen atoms in total. The van der Waals surface area contributed by atoms with Crippen LogP contribution in [-0.4, -0.2) is 52.3 Å². The van der Waals surface area contributed by atoms with E-state index in [0.717, 1.165) is 56.0 Å². The first-order chi connectivity index (χ1) is 16.3. The van der Waals surface area contributed by atoms with Gasteiger partial charge in [0.1, 0.15) is 6.26 Å². The number of benzene rings is 2. The summed E-state index contributed by atoms with van der Waals surface area (Å²) in [5, 5.41) is 1.37. The summed E-state index contributed by atoms with van der Waals surface area (Å²) >= 11 is 1.52. The molecule has 0 radical (unpaired) electrons. The molecule has 3 heterocycles. The van der Waals surface area contributed by atoms with Gasteiger partial charge in [0.25, 0.3) is 5.56 Å². The second-order valence-electron chi connectivity index (χ2n) is 7.97. The molecule has 2 aromatic heterocycles. The Balaban J connectivity index is 1.34. The molecule has 0 amide bonds. The monoisotopic (exact) mass is 462 g/mol. The van der Waals surface area contributed by atoms with Crippen LogP contribution < -0.4 is 5.56 Å². The molecule has 0 aliphatic carbocycles. The molecule has 5 rings (SSSR count). The Morgan fingerprint density at radius 3 is 2.58 bits per heavy atom. The highest BCUT2D eigenvalue weighted by molar-refractivity contribution is 7.98. The van der Waals surface area contributed by atoms with E-state index < -0.39 is 0 Å². The largest absolute Gasteiger partial charge is 0.444 e. The van der Waals surface area contributed by atoms with Gasteiger partial charge in [-0.05, 0) is 30.7 Å². The van der Waals surface area contributed by atoms with Crippen molar-refractivity contribution < 1.29 is 9.15 Å². The molecule has 0 spiro atoms. The Kier molecular flexibility index (Phi) is 6.85. The van der Waals surface area contributed by atoms with Gasteiger partial charge in [-0.15, -0.1) is 0 Å². The Morgan fingerprint density at radius 2 is 1.73 bits per heavy atom. The third-order valence-electron chi connectivity index (χ3n) is 5.71. The molecule has 4 aromatic rings. The Labute approximate surface area is 196 Å². The highest BCUT2D eigenvalue weighted by Crippen LogP contribution is 2.25. The molecular weight excluding hydrogens is 436 g/mol. The van der Waals surface area contributed by atoms with E-state index in [1.807, 2.05) is 59.2 Å². The van der Waals surface area contributed by atoms with Crippen LogP contribution in [0.25, 0.3) is 22.4 Å². The molecule has 1 aliphatic heterocycles. The zero-order valence-corrected chi connectivity index (χ0v) is 19.2. The topological polar surface area (TPSA) is 73.4 Å². The smallest absolute Gasteiger partial charge is 0.262 e. The second kappa shape index (κ2) is 10.3. The first kappa shape index (κ1) is 21.9. The van der Waals surface area contributed by atoms with E-state index in [1.165, 1.54) is 11.8 Å². The molecule has 0 saturated carbocycles. The summed E-state index contributed by atoms with van der Waals surface area (Å²) in [7, 11) is 0. The molecule has 0 bridgehead atoms. The van der Waals surface area contributed by atoms with Crippen LogP contribution in [0.2, 0.25) is 0 Å². The van der Waals surface area contributed by atoms with E-state index in [4.69, 9.17) is 14.1 Å². The molecule has 2 aromatic carbocycles. The summed E-state index contributed by atoms with van der Waals surface area (Å²) < 4.78 is 12.9. The maximum absolute atomic E-state index is 13.3. The minimum absolute atomic E-state index is 0.00945. The van der Waals surface area contributed by atoms with Gasteiger partial charge in [0.2, 0.25) is 5.89 Å². The number of morpholine rings is 1. The Hall–Kier alpha value is -2.94.